The lowest BCUT2D eigenvalue weighted by Gasteiger charge is -1.99. The molecule has 2 rings (SSSR count). The van der Waals surface area contributed by atoms with E-state index in [1.54, 1.807) is 12.4 Å². The van der Waals surface area contributed by atoms with Gasteiger partial charge < -0.3 is 5.32 Å². The third-order valence-electron chi connectivity index (χ3n) is 2.19. The second kappa shape index (κ2) is 6.01. The van der Waals surface area contributed by atoms with Gasteiger partial charge in [-0.25, -0.2) is 9.97 Å². The van der Waals surface area contributed by atoms with Gasteiger partial charge in [-0.05, 0) is 0 Å². The third kappa shape index (κ3) is 3.55. The number of likely N-dealkylation sites (N-methyl/N-ethyl adjacent to an activating group) is 1. The Hall–Kier alpha value is -2.35. The van der Waals surface area contributed by atoms with Crippen molar-refractivity contribution in [3.8, 4) is 0 Å². The van der Waals surface area contributed by atoms with Gasteiger partial charge in [0.15, 0.2) is 5.13 Å². The van der Waals surface area contributed by atoms with Gasteiger partial charge in [-0.15, -0.1) is 11.3 Å². The fraction of sp³-hybridized carbons (Fsp3) is 0.182. The number of amides is 2. The lowest BCUT2D eigenvalue weighted by atomic mass is 10.3. The number of carbonyl (C=O) groups excluding carboxylic acids is 2. The zero-order valence-electron chi connectivity index (χ0n) is 10.1. The minimum atomic E-state index is -0.381. The number of rotatable bonds is 4. The molecule has 98 valence electrons. The zero-order chi connectivity index (χ0) is 13.7. The van der Waals surface area contributed by atoms with Crippen LogP contribution in [-0.2, 0) is 11.2 Å². The number of nitrogens with zero attached hydrogens (tertiary/aromatic N) is 3. The predicted octanol–water partition coefficient (Wildman–Crippen LogP) is 0.474. The molecular weight excluding hydrogens is 266 g/mol. The summed E-state index contributed by atoms with van der Waals surface area (Å²) in [5.41, 5.74) is 0.823. The molecule has 19 heavy (non-hydrogen) atoms. The van der Waals surface area contributed by atoms with Crippen LogP contribution in [0.2, 0.25) is 0 Å². The van der Waals surface area contributed by atoms with E-state index < -0.39 is 0 Å². The van der Waals surface area contributed by atoms with Crippen LogP contribution in [0.5, 0.6) is 0 Å². The monoisotopic (exact) mass is 277 g/mol. The summed E-state index contributed by atoms with van der Waals surface area (Å²) in [5.74, 6) is -0.508. The first-order chi connectivity index (χ1) is 9.19. The molecular formula is C11H11N5O2S. The number of aromatic nitrogens is 3. The van der Waals surface area contributed by atoms with Crippen LogP contribution in [0.25, 0.3) is 0 Å². The van der Waals surface area contributed by atoms with Crippen LogP contribution >= 0.6 is 11.3 Å². The Morgan fingerprint density at radius 2 is 2.21 bits per heavy atom. The fourth-order valence-corrected chi connectivity index (χ4v) is 1.98. The molecule has 0 aliphatic heterocycles. The minimum Gasteiger partial charge on any atom is -0.359 e. The highest BCUT2D eigenvalue weighted by Crippen LogP contribution is 2.16. The van der Waals surface area contributed by atoms with E-state index in [2.05, 4.69) is 25.6 Å². The van der Waals surface area contributed by atoms with Crippen molar-refractivity contribution in [3.63, 3.8) is 0 Å². The van der Waals surface area contributed by atoms with E-state index in [1.807, 2.05) is 0 Å². The summed E-state index contributed by atoms with van der Waals surface area (Å²) in [6, 6.07) is 0. The quantitative estimate of drug-likeness (QED) is 0.847. The van der Waals surface area contributed by atoms with Crippen molar-refractivity contribution in [2.24, 2.45) is 0 Å². The van der Waals surface area contributed by atoms with Crippen molar-refractivity contribution >= 4 is 28.3 Å². The lowest BCUT2D eigenvalue weighted by Crippen LogP contribution is -2.20. The first kappa shape index (κ1) is 13.1. The molecule has 7 nitrogen and oxygen atoms in total. The van der Waals surface area contributed by atoms with Crippen molar-refractivity contribution in [2.45, 2.75) is 6.42 Å². The van der Waals surface area contributed by atoms with E-state index in [1.165, 1.54) is 29.9 Å². The molecule has 8 heteroatoms. The van der Waals surface area contributed by atoms with Crippen LogP contribution in [-0.4, -0.2) is 33.8 Å². The Labute approximate surface area is 113 Å². The molecule has 0 saturated carbocycles. The minimum absolute atomic E-state index is 0.128. The maximum absolute atomic E-state index is 11.8. The second-order valence-electron chi connectivity index (χ2n) is 3.54. The summed E-state index contributed by atoms with van der Waals surface area (Å²) in [7, 11) is 1.56. The topological polar surface area (TPSA) is 96.9 Å². The molecule has 0 fully saturated rings. The Morgan fingerprint density at radius 3 is 2.89 bits per heavy atom. The molecule has 2 aromatic rings. The molecule has 0 saturated heterocycles. The average Bonchev–Trinajstić information content (AvgIpc) is 2.86. The van der Waals surface area contributed by atoms with Gasteiger partial charge in [-0.3, -0.25) is 19.9 Å². The summed E-state index contributed by atoms with van der Waals surface area (Å²) in [6.45, 7) is 0. The van der Waals surface area contributed by atoms with E-state index in [4.69, 9.17) is 0 Å². The highest BCUT2D eigenvalue weighted by Gasteiger charge is 2.11. The predicted molar refractivity (Wildman–Crippen MR) is 69.9 cm³/mol. The SMILES string of the molecule is CNC(=O)Cc1csc(NC(=O)c2cnccn2)n1. The van der Waals surface area contributed by atoms with E-state index in [0.717, 1.165) is 0 Å². The molecule has 2 aromatic heterocycles. The van der Waals surface area contributed by atoms with E-state index in [-0.39, 0.29) is 23.9 Å². The number of nitrogens with one attached hydrogen (secondary N) is 2. The summed E-state index contributed by atoms with van der Waals surface area (Å²) in [5, 5.41) is 7.26. The molecule has 0 radical (unpaired) electrons. The summed E-state index contributed by atoms with van der Waals surface area (Å²) >= 11 is 1.25. The summed E-state index contributed by atoms with van der Waals surface area (Å²) < 4.78 is 0. The van der Waals surface area contributed by atoms with E-state index >= 15 is 0 Å². The van der Waals surface area contributed by atoms with Crippen LogP contribution in [0.15, 0.2) is 24.0 Å². The van der Waals surface area contributed by atoms with Crippen molar-refractivity contribution in [1.82, 2.24) is 20.3 Å². The molecule has 0 aromatic carbocycles. The smallest absolute Gasteiger partial charge is 0.277 e. The van der Waals surface area contributed by atoms with Crippen LogP contribution < -0.4 is 10.6 Å². The summed E-state index contributed by atoms with van der Waals surface area (Å²) in [6.07, 6.45) is 4.48. The molecule has 2 amide bonds. The van der Waals surface area contributed by atoms with Gasteiger partial charge in [0.05, 0.1) is 18.3 Å². The van der Waals surface area contributed by atoms with Gasteiger partial charge in [0.2, 0.25) is 5.91 Å². The highest BCUT2D eigenvalue weighted by molar-refractivity contribution is 7.14. The van der Waals surface area contributed by atoms with Crippen LogP contribution in [0.4, 0.5) is 5.13 Å². The van der Waals surface area contributed by atoms with Gasteiger partial charge in [0.1, 0.15) is 5.69 Å². The third-order valence-corrected chi connectivity index (χ3v) is 3.00. The van der Waals surface area contributed by atoms with Crippen molar-refractivity contribution in [2.75, 3.05) is 12.4 Å². The molecule has 2 heterocycles. The molecule has 0 aliphatic carbocycles. The first-order valence-corrected chi connectivity index (χ1v) is 6.29. The normalized spacial score (nSPS) is 9.95. The average molecular weight is 277 g/mol. The zero-order valence-corrected chi connectivity index (χ0v) is 10.9. The number of thiazole rings is 1. The van der Waals surface area contributed by atoms with Gasteiger partial charge in [0, 0.05) is 24.8 Å². The largest absolute Gasteiger partial charge is 0.359 e. The first-order valence-electron chi connectivity index (χ1n) is 5.41. The lowest BCUT2D eigenvalue weighted by molar-refractivity contribution is -0.120. The van der Waals surface area contributed by atoms with Gasteiger partial charge in [-0.2, -0.15) is 0 Å². The van der Waals surface area contributed by atoms with Crippen molar-refractivity contribution in [3.05, 3.63) is 35.4 Å². The molecule has 0 spiro atoms. The van der Waals surface area contributed by atoms with Crippen LogP contribution in [0.3, 0.4) is 0 Å². The van der Waals surface area contributed by atoms with E-state index in [9.17, 15) is 9.59 Å². The van der Waals surface area contributed by atoms with E-state index in [0.29, 0.717) is 10.8 Å². The number of anilines is 1. The molecule has 0 bridgehead atoms. The Balaban J connectivity index is 2.00. The van der Waals surface area contributed by atoms with Crippen molar-refractivity contribution < 1.29 is 9.59 Å². The highest BCUT2D eigenvalue weighted by atomic mass is 32.1. The molecule has 0 aliphatic rings. The van der Waals surface area contributed by atoms with Gasteiger partial charge in [0.25, 0.3) is 5.91 Å². The molecule has 0 unspecified atom stereocenters. The number of carbonyl (C=O) groups is 2. The molecule has 0 atom stereocenters. The summed E-state index contributed by atoms with van der Waals surface area (Å²) in [4.78, 5) is 34.8. The molecule has 2 N–H and O–H groups in total. The van der Waals surface area contributed by atoms with Crippen LogP contribution in [0.1, 0.15) is 16.2 Å². The number of hydrogen-bond acceptors (Lipinski definition) is 6. The van der Waals surface area contributed by atoms with Gasteiger partial charge in [-0.1, -0.05) is 0 Å². The number of hydrogen-bond donors (Lipinski definition) is 2. The maximum Gasteiger partial charge on any atom is 0.277 e. The maximum atomic E-state index is 11.8. The van der Waals surface area contributed by atoms with Gasteiger partial charge >= 0.3 is 0 Å². The Morgan fingerprint density at radius 1 is 1.37 bits per heavy atom. The van der Waals surface area contributed by atoms with Crippen molar-refractivity contribution in [1.29, 1.82) is 0 Å². The second-order valence-corrected chi connectivity index (χ2v) is 4.40. The van der Waals surface area contributed by atoms with Crippen LogP contribution in [0, 0.1) is 0 Å². The Kier molecular flexibility index (Phi) is 4.14. The standard InChI is InChI=1S/C11H11N5O2S/c1-12-9(17)4-7-6-19-11(15-7)16-10(18)8-5-13-2-3-14-8/h2-3,5-6H,4H2,1H3,(H,12,17)(H,15,16,18). The Bertz CT molecular complexity index is 584. The fourth-order valence-electron chi connectivity index (χ4n) is 1.28.